The number of likely N-dealkylation sites (tertiary alicyclic amines) is 1. The number of H-pyrrole nitrogens is 1. The van der Waals surface area contributed by atoms with E-state index in [0.29, 0.717) is 18.0 Å². The van der Waals surface area contributed by atoms with Crippen LogP contribution < -0.4 is 10.2 Å². The van der Waals surface area contributed by atoms with Crippen molar-refractivity contribution in [1.29, 1.82) is 0 Å². The highest BCUT2D eigenvalue weighted by Crippen LogP contribution is 2.17. The van der Waals surface area contributed by atoms with E-state index in [1.165, 1.54) is 0 Å². The molecule has 1 saturated heterocycles. The maximum absolute atomic E-state index is 12.4. The van der Waals surface area contributed by atoms with Gasteiger partial charge in [-0.1, -0.05) is 6.92 Å². The molecule has 146 valence electrons. The van der Waals surface area contributed by atoms with Crippen LogP contribution >= 0.6 is 0 Å². The number of aryl methyl sites for hydroxylation is 1. The number of amides is 1. The summed E-state index contributed by atoms with van der Waals surface area (Å²) in [6.45, 7) is 5.54. The van der Waals surface area contributed by atoms with Gasteiger partial charge >= 0.3 is 0 Å². The molecule has 0 saturated carbocycles. The summed E-state index contributed by atoms with van der Waals surface area (Å²) in [4.78, 5) is 25.5. The van der Waals surface area contributed by atoms with Gasteiger partial charge in [-0.25, -0.2) is 9.97 Å². The summed E-state index contributed by atoms with van der Waals surface area (Å²) in [5, 5.41) is 10.3. The Labute approximate surface area is 160 Å². The van der Waals surface area contributed by atoms with Crippen LogP contribution in [-0.4, -0.2) is 64.7 Å². The number of nitrogens with zero attached hydrogens (tertiary/aromatic N) is 5. The van der Waals surface area contributed by atoms with Gasteiger partial charge in [-0.05, 0) is 37.4 Å². The molecule has 0 aliphatic carbocycles. The van der Waals surface area contributed by atoms with Crippen LogP contribution in [0.5, 0.6) is 0 Å². The van der Waals surface area contributed by atoms with Crippen LogP contribution in [0.3, 0.4) is 0 Å². The van der Waals surface area contributed by atoms with Crippen LogP contribution in [-0.2, 0) is 13.0 Å². The van der Waals surface area contributed by atoms with E-state index in [9.17, 15) is 4.79 Å². The van der Waals surface area contributed by atoms with Gasteiger partial charge in [-0.2, -0.15) is 5.10 Å². The van der Waals surface area contributed by atoms with Crippen molar-refractivity contribution in [3.8, 4) is 0 Å². The van der Waals surface area contributed by atoms with E-state index >= 15 is 0 Å². The summed E-state index contributed by atoms with van der Waals surface area (Å²) in [6.07, 6.45) is 4.74. The minimum Gasteiger partial charge on any atom is -0.363 e. The van der Waals surface area contributed by atoms with Crippen LogP contribution in [0, 0.1) is 5.92 Å². The molecule has 1 unspecified atom stereocenters. The second kappa shape index (κ2) is 8.94. The average Bonchev–Trinajstić information content (AvgIpc) is 3.14. The number of piperidine rings is 1. The third-order valence-electron chi connectivity index (χ3n) is 4.89. The molecular formula is C19H29N7O. The van der Waals surface area contributed by atoms with Gasteiger partial charge in [0.1, 0.15) is 17.5 Å². The van der Waals surface area contributed by atoms with Crippen LogP contribution in [0.2, 0.25) is 0 Å². The highest BCUT2D eigenvalue weighted by atomic mass is 16.1. The first-order valence-electron chi connectivity index (χ1n) is 9.59. The lowest BCUT2D eigenvalue weighted by molar-refractivity contribution is 0.0929. The molecule has 2 N–H and O–H groups in total. The second-order valence-electron chi connectivity index (χ2n) is 7.30. The number of aromatic nitrogens is 4. The first-order chi connectivity index (χ1) is 13.0. The zero-order valence-corrected chi connectivity index (χ0v) is 16.4. The van der Waals surface area contributed by atoms with Crippen molar-refractivity contribution in [2.75, 3.05) is 38.6 Å². The maximum Gasteiger partial charge on any atom is 0.252 e. The maximum atomic E-state index is 12.4. The zero-order valence-electron chi connectivity index (χ0n) is 16.4. The number of aromatic amines is 1. The lowest BCUT2D eigenvalue weighted by Crippen LogP contribution is -2.40. The molecule has 1 atom stereocenters. The number of rotatable bonds is 7. The minimum absolute atomic E-state index is 0.0623. The minimum atomic E-state index is -0.0623. The highest BCUT2D eigenvalue weighted by Gasteiger charge is 2.21. The van der Waals surface area contributed by atoms with E-state index in [-0.39, 0.29) is 5.91 Å². The van der Waals surface area contributed by atoms with Crippen LogP contribution in [0.15, 0.2) is 18.3 Å². The fourth-order valence-electron chi connectivity index (χ4n) is 3.36. The van der Waals surface area contributed by atoms with Gasteiger partial charge in [0.2, 0.25) is 0 Å². The number of hydrogen-bond acceptors (Lipinski definition) is 6. The first-order valence-corrected chi connectivity index (χ1v) is 9.59. The molecule has 1 aliphatic heterocycles. The fourth-order valence-corrected chi connectivity index (χ4v) is 3.36. The molecule has 27 heavy (non-hydrogen) atoms. The average molecular weight is 371 g/mol. The Balaban J connectivity index is 1.47. The Bertz CT molecular complexity index is 741. The first kappa shape index (κ1) is 19.3. The largest absolute Gasteiger partial charge is 0.363 e. The predicted octanol–water partition coefficient (Wildman–Crippen LogP) is 1.47. The molecule has 8 heteroatoms. The van der Waals surface area contributed by atoms with Gasteiger partial charge in [0.25, 0.3) is 5.91 Å². The number of carbonyl (C=O) groups excluding carboxylic acids is 1. The second-order valence-corrected chi connectivity index (χ2v) is 7.30. The van der Waals surface area contributed by atoms with Crippen molar-refractivity contribution in [3.63, 3.8) is 0 Å². The Hall–Kier alpha value is -2.48. The van der Waals surface area contributed by atoms with Crippen LogP contribution in [0.4, 0.5) is 5.82 Å². The summed E-state index contributed by atoms with van der Waals surface area (Å²) in [7, 11) is 3.86. The normalized spacial score (nSPS) is 17.7. The van der Waals surface area contributed by atoms with Crippen molar-refractivity contribution in [3.05, 3.63) is 35.5 Å². The van der Waals surface area contributed by atoms with Gasteiger partial charge in [-0.15, -0.1) is 0 Å². The Morgan fingerprint density at radius 3 is 2.93 bits per heavy atom. The van der Waals surface area contributed by atoms with Gasteiger partial charge < -0.3 is 10.2 Å². The predicted molar refractivity (Wildman–Crippen MR) is 105 cm³/mol. The summed E-state index contributed by atoms with van der Waals surface area (Å²) < 4.78 is 0. The molecule has 0 spiro atoms. The monoisotopic (exact) mass is 371 g/mol. The summed E-state index contributed by atoms with van der Waals surface area (Å²) in [6, 6.07) is 3.68. The van der Waals surface area contributed by atoms with Crippen LogP contribution in [0.25, 0.3) is 0 Å². The highest BCUT2D eigenvalue weighted by molar-refractivity contribution is 5.94. The van der Waals surface area contributed by atoms with Crippen molar-refractivity contribution >= 4 is 11.7 Å². The van der Waals surface area contributed by atoms with Crippen molar-refractivity contribution in [1.82, 2.24) is 30.4 Å². The number of nitrogens with one attached hydrogen (secondary N) is 2. The molecule has 0 bridgehead atoms. The van der Waals surface area contributed by atoms with Gasteiger partial charge in [0.05, 0.1) is 12.1 Å². The van der Waals surface area contributed by atoms with E-state index < -0.39 is 0 Å². The number of pyridine rings is 1. The molecule has 0 radical (unpaired) electrons. The Morgan fingerprint density at radius 1 is 1.41 bits per heavy atom. The topological polar surface area (TPSA) is 90.0 Å². The molecule has 3 rings (SSSR count). The van der Waals surface area contributed by atoms with E-state index in [4.69, 9.17) is 0 Å². The summed E-state index contributed by atoms with van der Waals surface area (Å²) in [5.74, 6) is 3.01. The quantitative estimate of drug-likeness (QED) is 0.766. The van der Waals surface area contributed by atoms with Crippen molar-refractivity contribution < 1.29 is 4.79 Å². The molecule has 8 nitrogen and oxygen atoms in total. The van der Waals surface area contributed by atoms with Crippen molar-refractivity contribution in [2.24, 2.45) is 5.92 Å². The smallest absolute Gasteiger partial charge is 0.252 e. The van der Waals surface area contributed by atoms with Gasteiger partial charge in [0, 0.05) is 39.8 Å². The van der Waals surface area contributed by atoms with E-state index in [1.807, 2.05) is 31.1 Å². The van der Waals surface area contributed by atoms with Crippen LogP contribution in [0.1, 0.15) is 41.8 Å². The molecular weight excluding hydrogens is 342 g/mol. The Morgan fingerprint density at radius 2 is 2.26 bits per heavy atom. The van der Waals surface area contributed by atoms with Gasteiger partial charge in [-0.3, -0.25) is 14.8 Å². The van der Waals surface area contributed by atoms with E-state index in [1.54, 1.807) is 6.20 Å². The third-order valence-corrected chi connectivity index (χ3v) is 4.89. The molecule has 1 amide bonds. The Kier molecular flexibility index (Phi) is 6.39. The molecule has 1 aliphatic rings. The van der Waals surface area contributed by atoms with Gasteiger partial charge in [0.15, 0.2) is 0 Å². The molecule has 2 aromatic rings. The lowest BCUT2D eigenvalue weighted by Gasteiger charge is -2.32. The number of anilines is 1. The van der Waals surface area contributed by atoms with Crippen molar-refractivity contribution in [2.45, 2.75) is 32.7 Å². The lowest BCUT2D eigenvalue weighted by atomic mass is 9.98. The summed E-state index contributed by atoms with van der Waals surface area (Å²) in [5.41, 5.74) is 0.599. The zero-order chi connectivity index (χ0) is 19.2. The number of hydrogen-bond donors (Lipinski definition) is 2. The number of carbonyl (C=O) groups is 1. The molecule has 2 aromatic heterocycles. The fraction of sp³-hybridized carbons (Fsp3) is 0.579. The SMILES string of the molecule is CCc1n[nH]c(CN2CCCC(CNC(=O)c3ccc(N(C)C)nc3)C2)n1. The van der Waals surface area contributed by atoms with E-state index in [0.717, 1.165) is 56.4 Å². The third kappa shape index (κ3) is 5.26. The van der Waals surface area contributed by atoms with E-state index in [2.05, 4.69) is 37.3 Å². The molecule has 3 heterocycles. The molecule has 0 aromatic carbocycles. The molecule has 1 fully saturated rings. The summed E-state index contributed by atoms with van der Waals surface area (Å²) >= 11 is 0. The standard InChI is InChI=1S/C19H29N7O/c1-4-16-22-17(24-23-16)13-26-9-5-6-14(12-26)10-21-19(27)15-7-8-18(20-11-15)25(2)3/h7-8,11,14H,4-6,9-10,12-13H2,1-3H3,(H,21,27)(H,22,23,24).